The number of benzene rings is 1. The largest absolute Gasteiger partial charge is 0.378 e. The van der Waals surface area contributed by atoms with Crippen molar-refractivity contribution >= 4 is 12.0 Å². The van der Waals surface area contributed by atoms with Crippen molar-refractivity contribution in [2.75, 3.05) is 52.5 Å². The van der Waals surface area contributed by atoms with E-state index in [2.05, 4.69) is 41.4 Å². The first-order valence-electron chi connectivity index (χ1n) is 8.77. The molecule has 0 bridgehead atoms. The van der Waals surface area contributed by atoms with Gasteiger partial charge in [0.2, 0.25) is 5.91 Å². The highest BCUT2D eigenvalue weighted by molar-refractivity contribution is 5.89. The van der Waals surface area contributed by atoms with Crippen LogP contribution in [0.15, 0.2) is 36.4 Å². The number of carbonyl (C=O) groups is 1. The zero-order valence-electron chi connectivity index (χ0n) is 14.4. The quantitative estimate of drug-likeness (QED) is 0.902. The normalized spacial score (nSPS) is 22.5. The third-order valence-corrected chi connectivity index (χ3v) is 4.91. The number of nitrogens with zero attached hydrogens (tertiary/aromatic N) is 2. The molecule has 1 aromatic rings. The lowest BCUT2D eigenvalue weighted by atomic mass is 9.94. The van der Waals surface area contributed by atoms with E-state index in [1.165, 1.54) is 0 Å². The molecule has 0 aromatic heterocycles. The molecular weight excluding hydrogens is 302 g/mol. The molecule has 2 saturated heterocycles. The van der Waals surface area contributed by atoms with E-state index in [4.69, 9.17) is 4.74 Å². The Morgan fingerprint density at radius 3 is 2.46 bits per heavy atom. The molecule has 0 radical (unpaired) electrons. The zero-order chi connectivity index (χ0) is 16.8. The Labute approximate surface area is 144 Å². The van der Waals surface area contributed by atoms with Crippen molar-refractivity contribution in [2.45, 2.75) is 12.5 Å². The van der Waals surface area contributed by atoms with E-state index in [0.717, 1.165) is 31.7 Å². The second-order valence-corrected chi connectivity index (χ2v) is 6.53. The van der Waals surface area contributed by atoms with E-state index in [1.807, 2.05) is 23.1 Å². The molecule has 2 fully saturated rings. The van der Waals surface area contributed by atoms with Crippen molar-refractivity contribution < 1.29 is 9.53 Å². The molecule has 2 aliphatic heterocycles. The predicted octanol–water partition coefficient (Wildman–Crippen LogP) is 1.22. The van der Waals surface area contributed by atoms with Crippen LogP contribution in [0.3, 0.4) is 0 Å². The van der Waals surface area contributed by atoms with Crippen LogP contribution in [-0.4, -0.2) is 73.7 Å². The second kappa shape index (κ2) is 7.92. The van der Waals surface area contributed by atoms with Crippen LogP contribution >= 0.6 is 0 Å². The molecule has 2 heterocycles. The number of carbonyl (C=O) groups excluding carboxylic acids is 1. The minimum atomic E-state index is -0.616. The summed E-state index contributed by atoms with van der Waals surface area (Å²) in [5.74, 6) is 0.180. The Bertz CT molecular complexity index is 563. The van der Waals surface area contributed by atoms with Gasteiger partial charge in [0, 0.05) is 39.3 Å². The van der Waals surface area contributed by atoms with Gasteiger partial charge in [-0.3, -0.25) is 9.69 Å². The molecule has 130 valence electrons. The Morgan fingerprint density at radius 2 is 1.79 bits per heavy atom. The molecule has 1 amide bonds. The third kappa shape index (κ3) is 3.86. The third-order valence-electron chi connectivity index (χ3n) is 4.91. The van der Waals surface area contributed by atoms with Gasteiger partial charge in [0.25, 0.3) is 0 Å². The molecule has 0 aliphatic carbocycles. The number of hydrogen-bond donors (Lipinski definition) is 1. The van der Waals surface area contributed by atoms with Crippen LogP contribution < -0.4 is 5.32 Å². The molecule has 1 N–H and O–H groups in total. The second-order valence-electron chi connectivity index (χ2n) is 6.53. The van der Waals surface area contributed by atoms with Crippen molar-refractivity contribution in [3.63, 3.8) is 0 Å². The predicted molar refractivity (Wildman–Crippen MR) is 95.7 cm³/mol. The maximum Gasteiger partial charge on any atom is 0.246 e. The number of amides is 1. The number of nitrogens with one attached hydrogen (secondary N) is 1. The van der Waals surface area contributed by atoms with Gasteiger partial charge in [-0.15, -0.1) is 0 Å². The number of piperazine rings is 1. The van der Waals surface area contributed by atoms with Gasteiger partial charge in [-0.2, -0.15) is 0 Å². The lowest BCUT2D eigenvalue weighted by Gasteiger charge is -2.43. The molecule has 24 heavy (non-hydrogen) atoms. The first-order valence-corrected chi connectivity index (χ1v) is 8.77. The lowest BCUT2D eigenvalue weighted by Crippen LogP contribution is -2.62. The van der Waals surface area contributed by atoms with Crippen LogP contribution in [0.4, 0.5) is 0 Å². The molecular formula is C19H27N3O2. The van der Waals surface area contributed by atoms with Gasteiger partial charge < -0.3 is 15.0 Å². The minimum Gasteiger partial charge on any atom is -0.378 e. The highest BCUT2D eigenvalue weighted by atomic mass is 16.5. The summed E-state index contributed by atoms with van der Waals surface area (Å²) in [6.07, 6.45) is 4.14. The smallest absolute Gasteiger partial charge is 0.246 e. The lowest BCUT2D eigenvalue weighted by molar-refractivity contribution is -0.145. The van der Waals surface area contributed by atoms with Crippen molar-refractivity contribution in [3.05, 3.63) is 42.0 Å². The summed E-state index contributed by atoms with van der Waals surface area (Å²) in [5.41, 5.74) is 0.503. The van der Waals surface area contributed by atoms with Crippen molar-refractivity contribution in [3.8, 4) is 0 Å². The number of hydrogen-bond acceptors (Lipinski definition) is 4. The number of ether oxygens (including phenoxy) is 1. The summed E-state index contributed by atoms with van der Waals surface area (Å²) < 4.78 is 5.40. The Morgan fingerprint density at radius 1 is 1.12 bits per heavy atom. The minimum absolute atomic E-state index is 0.180. The molecule has 0 saturated carbocycles. The highest BCUT2D eigenvalue weighted by Crippen LogP contribution is 2.23. The molecule has 1 unspecified atom stereocenters. The molecule has 5 nitrogen and oxygen atoms in total. The van der Waals surface area contributed by atoms with E-state index >= 15 is 0 Å². The highest BCUT2D eigenvalue weighted by Gasteiger charge is 2.40. The maximum atomic E-state index is 13.3. The van der Waals surface area contributed by atoms with Gasteiger partial charge in [-0.1, -0.05) is 42.5 Å². The van der Waals surface area contributed by atoms with Crippen molar-refractivity contribution in [1.82, 2.24) is 15.1 Å². The van der Waals surface area contributed by atoms with Gasteiger partial charge >= 0.3 is 0 Å². The Kier molecular flexibility index (Phi) is 5.66. The standard InChI is InChI=1S/C19H27N3O2/c1-19(22-11-9-20-10-12-22,8-7-17-5-3-2-4-6-17)18(23)21-13-15-24-16-14-21/h2-8,20H,9-16H2,1H3/b8-7+. The average Bonchev–Trinajstić information content (AvgIpc) is 2.68. The molecule has 1 aromatic carbocycles. The SMILES string of the molecule is CC(/C=C/c1ccccc1)(C(=O)N1CCOCC1)N1CCNCC1. The van der Waals surface area contributed by atoms with E-state index in [1.54, 1.807) is 0 Å². The Balaban J connectivity index is 1.84. The fourth-order valence-electron chi connectivity index (χ4n) is 3.35. The Hall–Kier alpha value is -1.69. The molecule has 3 rings (SSSR count). The van der Waals surface area contributed by atoms with Crippen molar-refractivity contribution in [1.29, 1.82) is 0 Å². The molecule has 2 aliphatic rings. The monoisotopic (exact) mass is 329 g/mol. The summed E-state index contributed by atoms with van der Waals surface area (Å²) in [5, 5.41) is 3.37. The summed E-state index contributed by atoms with van der Waals surface area (Å²) >= 11 is 0. The van der Waals surface area contributed by atoms with Crippen LogP contribution in [0.2, 0.25) is 0 Å². The first kappa shape index (κ1) is 17.1. The van der Waals surface area contributed by atoms with E-state index in [0.29, 0.717) is 26.3 Å². The average molecular weight is 329 g/mol. The summed E-state index contributed by atoms with van der Waals surface area (Å²) in [7, 11) is 0. The van der Waals surface area contributed by atoms with Crippen LogP contribution in [-0.2, 0) is 9.53 Å². The summed E-state index contributed by atoms with van der Waals surface area (Å²) in [6.45, 7) is 8.28. The summed E-state index contributed by atoms with van der Waals surface area (Å²) in [6, 6.07) is 10.2. The van der Waals surface area contributed by atoms with E-state index in [9.17, 15) is 4.79 Å². The van der Waals surface area contributed by atoms with E-state index in [-0.39, 0.29) is 5.91 Å². The van der Waals surface area contributed by atoms with Gasteiger partial charge in [0.15, 0.2) is 0 Å². The van der Waals surface area contributed by atoms with Gasteiger partial charge in [-0.05, 0) is 12.5 Å². The fraction of sp³-hybridized carbons (Fsp3) is 0.526. The van der Waals surface area contributed by atoms with Crippen LogP contribution in [0.1, 0.15) is 12.5 Å². The summed E-state index contributed by atoms with van der Waals surface area (Å²) in [4.78, 5) is 17.5. The maximum absolute atomic E-state index is 13.3. The van der Waals surface area contributed by atoms with E-state index < -0.39 is 5.54 Å². The molecule has 5 heteroatoms. The first-order chi connectivity index (χ1) is 11.7. The molecule has 1 atom stereocenters. The molecule has 0 spiro atoms. The topological polar surface area (TPSA) is 44.8 Å². The van der Waals surface area contributed by atoms with Crippen molar-refractivity contribution in [2.24, 2.45) is 0 Å². The van der Waals surface area contributed by atoms with Crippen LogP contribution in [0, 0.1) is 0 Å². The van der Waals surface area contributed by atoms with Gasteiger partial charge in [0.1, 0.15) is 5.54 Å². The van der Waals surface area contributed by atoms with Gasteiger partial charge in [-0.25, -0.2) is 0 Å². The zero-order valence-corrected chi connectivity index (χ0v) is 14.4. The number of rotatable bonds is 4. The number of morpholine rings is 1. The van der Waals surface area contributed by atoms with Gasteiger partial charge in [0.05, 0.1) is 13.2 Å². The fourth-order valence-corrected chi connectivity index (χ4v) is 3.35. The van der Waals surface area contributed by atoms with Crippen LogP contribution in [0.5, 0.6) is 0 Å². The van der Waals surface area contributed by atoms with Crippen LogP contribution in [0.25, 0.3) is 6.08 Å².